The zero-order valence-corrected chi connectivity index (χ0v) is 17.6. The summed E-state index contributed by atoms with van der Waals surface area (Å²) in [6.07, 6.45) is -2.06. The first-order valence-corrected chi connectivity index (χ1v) is 11.1. The number of rotatable bonds is 7. The number of nitrogens with zero attached hydrogens (tertiary/aromatic N) is 1. The Morgan fingerprint density at radius 3 is 2.50 bits per heavy atom. The van der Waals surface area contributed by atoms with E-state index in [0.717, 1.165) is 18.4 Å². The molecule has 0 aliphatic carbocycles. The Morgan fingerprint density at radius 1 is 1.03 bits per heavy atom. The molecule has 32 heavy (non-hydrogen) atoms. The van der Waals surface area contributed by atoms with E-state index in [1.165, 1.54) is 24.4 Å². The lowest BCUT2D eigenvalue weighted by Gasteiger charge is -2.14. The number of nitrogens with one attached hydrogen (secondary N) is 3. The highest BCUT2D eigenvalue weighted by molar-refractivity contribution is 7.92. The fourth-order valence-corrected chi connectivity index (χ4v) is 3.33. The molecule has 3 rings (SSSR count). The summed E-state index contributed by atoms with van der Waals surface area (Å²) < 4.78 is 63.7. The van der Waals surface area contributed by atoms with Crippen LogP contribution in [0.3, 0.4) is 0 Å². The molecule has 0 aliphatic heterocycles. The monoisotopic (exact) mass is 464 g/mol. The van der Waals surface area contributed by atoms with Gasteiger partial charge in [0.1, 0.15) is 5.82 Å². The van der Waals surface area contributed by atoms with Crippen molar-refractivity contribution >= 4 is 33.1 Å². The van der Waals surface area contributed by atoms with Gasteiger partial charge in [0.2, 0.25) is 10.0 Å². The summed E-state index contributed by atoms with van der Waals surface area (Å²) in [5.74, 6) is -0.427. The van der Waals surface area contributed by atoms with Crippen LogP contribution in [-0.4, -0.2) is 25.6 Å². The van der Waals surface area contributed by atoms with Gasteiger partial charge in [-0.2, -0.15) is 13.2 Å². The number of anilines is 3. The SMILES string of the molecule is CS(=O)(=O)Nc1cc(CNc2ccccc2C(=O)Nc2cccc(C(F)(F)F)c2)ccn1. The smallest absolute Gasteiger partial charge is 0.380 e. The van der Waals surface area contributed by atoms with Crippen molar-refractivity contribution in [3.63, 3.8) is 0 Å². The van der Waals surface area contributed by atoms with Gasteiger partial charge >= 0.3 is 6.18 Å². The van der Waals surface area contributed by atoms with E-state index in [1.54, 1.807) is 30.3 Å². The molecule has 168 valence electrons. The van der Waals surface area contributed by atoms with Gasteiger partial charge < -0.3 is 10.6 Å². The van der Waals surface area contributed by atoms with Gasteiger partial charge in [-0.15, -0.1) is 0 Å². The quantitative estimate of drug-likeness (QED) is 0.483. The Bertz CT molecular complexity index is 1230. The molecule has 11 heteroatoms. The average Bonchev–Trinajstić information content (AvgIpc) is 2.71. The summed E-state index contributed by atoms with van der Waals surface area (Å²) >= 11 is 0. The van der Waals surface area contributed by atoms with Crippen LogP contribution in [0, 0.1) is 0 Å². The highest BCUT2D eigenvalue weighted by Crippen LogP contribution is 2.31. The van der Waals surface area contributed by atoms with Crippen LogP contribution in [0.4, 0.5) is 30.4 Å². The minimum absolute atomic E-state index is 0.0188. The minimum Gasteiger partial charge on any atom is -0.380 e. The summed E-state index contributed by atoms with van der Waals surface area (Å²) in [5, 5.41) is 5.55. The molecule has 1 heterocycles. The van der Waals surface area contributed by atoms with Crippen molar-refractivity contribution in [1.82, 2.24) is 4.98 Å². The molecule has 1 amide bonds. The molecule has 0 aliphatic rings. The van der Waals surface area contributed by atoms with E-state index in [4.69, 9.17) is 0 Å². The first-order chi connectivity index (χ1) is 15.0. The summed E-state index contributed by atoms with van der Waals surface area (Å²) in [4.78, 5) is 16.6. The van der Waals surface area contributed by atoms with E-state index in [9.17, 15) is 26.4 Å². The lowest BCUT2D eigenvalue weighted by atomic mass is 10.1. The highest BCUT2D eigenvalue weighted by atomic mass is 32.2. The Morgan fingerprint density at radius 2 is 1.78 bits per heavy atom. The maximum absolute atomic E-state index is 12.9. The molecule has 2 aromatic carbocycles. The maximum atomic E-state index is 12.9. The molecular formula is C21H19F3N4O3S. The fraction of sp³-hybridized carbons (Fsp3) is 0.143. The van der Waals surface area contributed by atoms with Gasteiger partial charge in [-0.3, -0.25) is 9.52 Å². The highest BCUT2D eigenvalue weighted by Gasteiger charge is 2.30. The third-order valence-electron chi connectivity index (χ3n) is 4.22. The summed E-state index contributed by atoms with van der Waals surface area (Å²) in [7, 11) is -3.48. The topological polar surface area (TPSA) is 100 Å². The van der Waals surface area contributed by atoms with Crippen LogP contribution in [0.2, 0.25) is 0 Å². The van der Waals surface area contributed by atoms with Crippen LogP contribution in [-0.2, 0) is 22.7 Å². The number of sulfonamides is 1. The first kappa shape index (κ1) is 23.1. The number of aromatic nitrogens is 1. The molecule has 7 nitrogen and oxygen atoms in total. The largest absolute Gasteiger partial charge is 0.416 e. The van der Waals surface area contributed by atoms with Gasteiger partial charge in [-0.05, 0) is 48.0 Å². The Kier molecular flexibility index (Phi) is 6.68. The standard InChI is InChI=1S/C21H19F3N4O3S/c1-32(30,31)28-19-11-14(9-10-25-19)13-26-18-8-3-2-7-17(18)20(29)27-16-6-4-5-15(12-16)21(22,23)24/h2-12,26H,13H2,1H3,(H,25,28)(H,27,29). The van der Waals surface area contributed by atoms with Crippen LogP contribution in [0.1, 0.15) is 21.5 Å². The number of amides is 1. The van der Waals surface area contributed by atoms with Crippen LogP contribution < -0.4 is 15.4 Å². The third kappa shape index (κ3) is 6.45. The minimum atomic E-state index is -4.52. The lowest BCUT2D eigenvalue weighted by molar-refractivity contribution is -0.137. The Labute approximate surface area is 182 Å². The lowest BCUT2D eigenvalue weighted by Crippen LogP contribution is -2.15. The number of hydrogen-bond donors (Lipinski definition) is 3. The Balaban J connectivity index is 1.74. The zero-order chi connectivity index (χ0) is 23.4. The number of hydrogen-bond acceptors (Lipinski definition) is 5. The number of para-hydroxylation sites is 1. The van der Waals surface area contributed by atoms with Gasteiger partial charge in [0.05, 0.1) is 17.4 Å². The summed E-state index contributed by atoms with van der Waals surface area (Å²) in [6, 6.07) is 14.1. The second-order valence-corrected chi connectivity index (χ2v) is 8.60. The van der Waals surface area contributed by atoms with E-state index in [1.807, 2.05) is 0 Å². The molecule has 0 spiro atoms. The van der Waals surface area contributed by atoms with Crippen LogP contribution in [0.25, 0.3) is 0 Å². The second kappa shape index (κ2) is 9.27. The van der Waals surface area contributed by atoms with Gasteiger partial charge in [-0.1, -0.05) is 18.2 Å². The van der Waals surface area contributed by atoms with Crippen molar-refractivity contribution in [3.8, 4) is 0 Å². The van der Waals surface area contributed by atoms with E-state index in [2.05, 4.69) is 20.3 Å². The molecule has 0 bridgehead atoms. The molecule has 0 fully saturated rings. The van der Waals surface area contributed by atoms with Crippen molar-refractivity contribution in [3.05, 3.63) is 83.6 Å². The number of carbonyl (C=O) groups excluding carboxylic acids is 1. The van der Waals surface area contributed by atoms with E-state index in [-0.39, 0.29) is 23.6 Å². The normalized spacial score (nSPS) is 11.6. The van der Waals surface area contributed by atoms with Gasteiger partial charge in [-0.25, -0.2) is 13.4 Å². The number of halogens is 3. The molecular weight excluding hydrogens is 445 g/mol. The average molecular weight is 464 g/mol. The Hall–Kier alpha value is -3.60. The van der Waals surface area contributed by atoms with Crippen molar-refractivity contribution in [1.29, 1.82) is 0 Å². The first-order valence-electron chi connectivity index (χ1n) is 9.25. The van der Waals surface area contributed by atoms with Crippen LogP contribution in [0.15, 0.2) is 66.9 Å². The molecule has 0 unspecified atom stereocenters. The number of benzene rings is 2. The number of pyridine rings is 1. The molecule has 1 aromatic heterocycles. The van der Waals surface area contributed by atoms with Crippen LogP contribution >= 0.6 is 0 Å². The van der Waals surface area contributed by atoms with Crippen molar-refractivity contribution in [2.45, 2.75) is 12.7 Å². The fourth-order valence-electron chi connectivity index (χ4n) is 2.83. The summed E-state index contributed by atoms with van der Waals surface area (Å²) in [5.41, 5.74) is 0.530. The predicted octanol–water partition coefficient (Wildman–Crippen LogP) is 4.34. The third-order valence-corrected chi connectivity index (χ3v) is 4.80. The molecule has 3 aromatic rings. The van der Waals surface area contributed by atoms with Crippen molar-refractivity contribution < 1.29 is 26.4 Å². The zero-order valence-electron chi connectivity index (χ0n) is 16.8. The van der Waals surface area contributed by atoms with E-state index in [0.29, 0.717) is 11.3 Å². The van der Waals surface area contributed by atoms with E-state index < -0.39 is 27.7 Å². The van der Waals surface area contributed by atoms with Gasteiger partial charge in [0, 0.05) is 24.1 Å². The number of carbonyl (C=O) groups is 1. The molecule has 0 radical (unpaired) electrons. The van der Waals surface area contributed by atoms with Crippen molar-refractivity contribution in [2.75, 3.05) is 21.6 Å². The number of alkyl halides is 3. The van der Waals surface area contributed by atoms with Crippen molar-refractivity contribution in [2.24, 2.45) is 0 Å². The molecule has 0 saturated carbocycles. The van der Waals surface area contributed by atoms with Gasteiger partial charge in [0.25, 0.3) is 5.91 Å². The molecule has 3 N–H and O–H groups in total. The van der Waals surface area contributed by atoms with Crippen LogP contribution in [0.5, 0.6) is 0 Å². The summed E-state index contributed by atoms with van der Waals surface area (Å²) in [6.45, 7) is 0.245. The molecule has 0 atom stereocenters. The maximum Gasteiger partial charge on any atom is 0.416 e. The van der Waals surface area contributed by atoms with E-state index >= 15 is 0 Å². The van der Waals surface area contributed by atoms with Gasteiger partial charge in [0.15, 0.2) is 0 Å². The molecule has 0 saturated heterocycles. The second-order valence-electron chi connectivity index (χ2n) is 6.86. The predicted molar refractivity (Wildman–Crippen MR) is 116 cm³/mol.